The summed E-state index contributed by atoms with van der Waals surface area (Å²) in [5.41, 5.74) is 5.67. The van der Waals surface area contributed by atoms with Gasteiger partial charge >= 0.3 is 0 Å². The Labute approximate surface area is 77.7 Å². The third-order valence-corrected chi connectivity index (χ3v) is 2.06. The van der Waals surface area contributed by atoms with Gasteiger partial charge < -0.3 is 5.73 Å². The zero-order valence-corrected chi connectivity index (χ0v) is 7.76. The molecule has 0 aliphatic rings. The van der Waals surface area contributed by atoms with E-state index in [0.29, 0.717) is 5.56 Å². The average molecular weight is 236 g/mol. The Hall–Kier alpha value is -0.480. The number of rotatable bonds is 2. The molecule has 0 saturated heterocycles. The van der Waals surface area contributed by atoms with Crippen LogP contribution < -0.4 is 5.73 Å². The smallest absolute Gasteiger partial charge is 0.257 e. The van der Waals surface area contributed by atoms with E-state index in [1.165, 1.54) is 0 Å². The Morgan fingerprint density at radius 1 is 1.17 bits per heavy atom. The topological polar surface area (TPSA) is 26.0 Å². The summed E-state index contributed by atoms with van der Waals surface area (Å²) in [7, 11) is 0. The Balaban J connectivity index is 2.82. The van der Waals surface area contributed by atoms with E-state index in [1.54, 1.807) is 24.3 Å². The van der Waals surface area contributed by atoms with Gasteiger partial charge in [0.15, 0.2) is 0 Å². The summed E-state index contributed by atoms with van der Waals surface area (Å²) in [6.45, 7) is 0. The Morgan fingerprint density at radius 3 is 2.08 bits per heavy atom. The zero-order valence-electron chi connectivity index (χ0n) is 6.18. The lowest BCUT2D eigenvalue weighted by molar-refractivity contribution is 0.116. The highest BCUT2D eigenvalue weighted by Crippen LogP contribution is 2.19. The summed E-state index contributed by atoms with van der Waals surface area (Å²) in [6, 6.07) is 5.37. The predicted molar refractivity (Wildman–Crippen MR) is 47.1 cm³/mol. The van der Waals surface area contributed by atoms with Gasteiger partial charge in [-0.25, -0.2) is 8.78 Å². The molecule has 0 aliphatic carbocycles. The monoisotopic (exact) mass is 235 g/mol. The summed E-state index contributed by atoms with van der Waals surface area (Å²) < 4.78 is 25.0. The standard InChI is InChI=1S/C8H8BrF2N/c9-6-3-1-5(2-4-6)7(12)8(10)11/h1-4,7-8H,12H2. The van der Waals surface area contributed by atoms with Gasteiger partial charge in [0.1, 0.15) is 0 Å². The third-order valence-electron chi connectivity index (χ3n) is 1.53. The summed E-state index contributed by atoms with van der Waals surface area (Å²) in [5, 5.41) is 0. The van der Waals surface area contributed by atoms with Gasteiger partial charge in [0.25, 0.3) is 6.43 Å². The number of hydrogen-bond donors (Lipinski definition) is 1. The van der Waals surface area contributed by atoms with Crippen LogP contribution in [0.1, 0.15) is 11.6 Å². The van der Waals surface area contributed by atoms with Crippen molar-refractivity contribution in [2.45, 2.75) is 12.5 Å². The van der Waals surface area contributed by atoms with Crippen molar-refractivity contribution in [1.29, 1.82) is 0 Å². The molecule has 1 unspecified atom stereocenters. The van der Waals surface area contributed by atoms with E-state index < -0.39 is 12.5 Å². The molecule has 1 aromatic carbocycles. The number of halogens is 3. The Morgan fingerprint density at radius 2 is 1.67 bits per heavy atom. The number of nitrogens with two attached hydrogens (primary N) is 1. The molecule has 0 heterocycles. The number of alkyl halides is 2. The molecule has 1 rings (SSSR count). The third kappa shape index (κ3) is 2.25. The molecule has 0 spiro atoms. The van der Waals surface area contributed by atoms with E-state index in [4.69, 9.17) is 5.73 Å². The van der Waals surface area contributed by atoms with Gasteiger partial charge in [-0.15, -0.1) is 0 Å². The fourth-order valence-electron chi connectivity index (χ4n) is 0.830. The maximum atomic E-state index is 12.1. The highest BCUT2D eigenvalue weighted by molar-refractivity contribution is 9.10. The molecule has 0 aromatic heterocycles. The summed E-state index contributed by atoms with van der Waals surface area (Å²) in [5.74, 6) is 0. The van der Waals surface area contributed by atoms with Crippen molar-refractivity contribution in [3.63, 3.8) is 0 Å². The minimum Gasteiger partial charge on any atom is -0.319 e. The molecule has 2 N–H and O–H groups in total. The molecule has 0 amide bonds. The highest BCUT2D eigenvalue weighted by atomic mass is 79.9. The van der Waals surface area contributed by atoms with Crippen LogP contribution in [0.4, 0.5) is 8.78 Å². The molecule has 4 heteroatoms. The van der Waals surface area contributed by atoms with Crippen LogP contribution >= 0.6 is 15.9 Å². The first-order valence-corrected chi connectivity index (χ1v) is 4.20. The second-order valence-electron chi connectivity index (χ2n) is 2.41. The van der Waals surface area contributed by atoms with Crippen molar-refractivity contribution >= 4 is 15.9 Å². The highest BCUT2D eigenvalue weighted by Gasteiger charge is 2.16. The minimum atomic E-state index is -2.51. The molecule has 1 nitrogen and oxygen atoms in total. The molecule has 0 bridgehead atoms. The minimum absolute atomic E-state index is 0.452. The van der Waals surface area contributed by atoms with Crippen molar-refractivity contribution < 1.29 is 8.78 Å². The van der Waals surface area contributed by atoms with E-state index in [9.17, 15) is 8.78 Å². The van der Waals surface area contributed by atoms with Crippen molar-refractivity contribution in [1.82, 2.24) is 0 Å². The lowest BCUT2D eigenvalue weighted by Crippen LogP contribution is -2.18. The summed E-state index contributed by atoms with van der Waals surface area (Å²) in [6.07, 6.45) is -2.51. The molecule has 12 heavy (non-hydrogen) atoms. The zero-order chi connectivity index (χ0) is 9.14. The van der Waals surface area contributed by atoms with Crippen LogP contribution in [-0.4, -0.2) is 6.43 Å². The molecule has 0 fully saturated rings. The maximum absolute atomic E-state index is 12.1. The van der Waals surface area contributed by atoms with E-state index in [-0.39, 0.29) is 0 Å². The van der Waals surface area contributed by atoms with Crippen LogP contribution in [0.15, 0.2) is 28.7 Å². The molecule has 66 valence electrons. The van der Waals surface area contributed by atoms with E-state index >= 15 is 0 Å². The molecule has 1 aromatic rings. The fourth-order valence-corrected chi connectivity index (χ4v) is 1.09. The first-order chi connectivity index (χ1) is 5.61. The van der Waals surface area contributed by atoms with Crippen molar-refractivity contribution in [3.05, 3.63) is 34.3 Å². The first kappa shape index (κ1) is 9.61. The second kappa shape index (κ2) is 3.96. The predicted octanol–water partition coefficient (Wildman–Crippen LogP) is 2.71. The number of benzene rings is 1. The molecule has 0 aliphatic heterocycles. The van der Waals surface area contributed by atoms with Gasteiger partial charge in [0.05, 0.1) is 6.04 Å². The van der Waals surface area contributed by atoms with Crippen molar-refractivity contribution in [2.75, 3.05) is 0 Å². The van der Waals surface area contributed by atoms with Crippen LogP contribution in [0.2, 0.25) is 0 Å². The molecular formula is C8H8BrF2N. The average Bonchev–Trinajstić information content (AvgIpc) is 2.04. The maximum Gasteiger partial charge on any atom is 0.257 e. The van der Waals surface area contributed by atoms with E-state index in [2.05, 4.69) is 15.9 Å². The van der Waals surface area contributed by atoms with Crippen LogP contribution in [-0.2, 0) is 0 Å². The second-order valence-corrected chi connectivity index (χ2v) is 3.33. The van der Waals surface area contributed by atoms with Crippen LogP contribution in [0, 0.1) is 0 Å². The van der Waals surface area contributed by atoms with Crippen LogP contribution in [0.25, 0.3) is 0 Å². The lowest BCUT2D eigenvalue weighted by Gasteiger charge is -2.09. The summed E-state index contributed by atoms with van der Waals surface area (Å²) >= 11 is 3.20. The van der Waals surface area contributed by atoms with Gasteiger partial charge in [0, 0.05) is 4.47 Å². The van der Waals surface area contributed by atoms with Crippen molar-refractivity contribution in [2.24, 2.45) is 5.73 Å². The number of hydrogen-bond acceptors (Lipinski definition) is 1. The molecule has 1 atom stereocenters. The summed E-state index contributed by atoms with van der Waals surface area (Å²) in [4.78, 5) is 0. The molecule has 0 radical (unpaired) electrons. The fraction of sp³-hybridized carbons (Fsp3) is 0.250. The van der Waals surface area contributed by atoms with Gasteiger partial charge in [-0.2, -0.15) is 0 Å². The SMILES string of the molecule is NC(c1ccc(Br)cc1)C(F)F. The Kier molecular flexibility index (Phi) is 3.17. The van der Waals surface area contributed by atoms with Gasteiger partial charge in [-0.3, -0.25) is 0 Å². The largest absolute Gasteiger partial charge is 0.319 e. The van der Waals surface area contributed by atoms with Gasteiger partial charge in [-0.05, 0) is 17.7 Å². The Bertz CT molecular complexity index is 248. The molecular weight excluding hydrogens is 228 g/mol. The van der Waals surface area contributed by atoms with E-state index in [0.717, 1.165) is 4.47 Å². The van der Waals surface area contributed by atoms with Gasteiger partial charge in [-0.1, -0.05) is 28.1 Å². The van der Waals surface area contributed by atoms with E-state index in [1.807, 2.05) is 0 Å². The van der Waals surface area contributed by atoms with Gasteiger partial charge in [0.2, 0.25) is 0 Å². The normalized spacial score (nSPS) is 13.4. The van der Waals surface area contributed by atoms with Crippen LogP contribution in [0.5, 0.6) is 0 Å². The first-order valence-electron chi connectivity index (χ1n) is 3.40. The van der Waals surface area contributed by atoms with Crippen molar-refractivity contribution in [3.8, 4) is 0 Å². The quantitative estimate of drug-likeness (QED) is 0.839. The molecule has 0 saturated carbocycles. The van der Waals surface area contributed by atoms with Crippen LogP contribution in [0.3, 0.4) is 0 Å². The lowest BCUT2D eigenvalue weighted by atomic mass is 10.1.